The zero-order chi connectivity index (χ0) is 14.5. The Hall–Kier alpha value is -1.65. The van der Waals surface area contributed by atoms with Crippen molar-refractivity contribution >= 4 is 5.97 Å². The Labute approximate surface area is 116 Å². The topological polar surface area (TPSA) is 35.5 Å². The van der Waals surface area contributed by atoms with Gasteiger partial charge in [-0.25, -0.2) is 8.78 Å². The maximum atomic E-state index is 13.2. The number of carbonyl (C=O) groups is 1. The molecule has 0 saturated heterocycles. The average Bonchev–Trinajstić information content (AvgIpc) is 3.10. The second-order valence-electron chi connectivity index (χ2n) is 5.18. The van der Waals surface area contributed by atoms with E-state index in [1.54, 1.807) is 0 Å². The highest BCUT2D eigenvalue weighted by atomic mass is 19.1. The van der Waals surface area contributed by atoms with Crippen molar-refractivity contribution in [2.75, 3.05) is 13.2 Å². The van der Waals surface area contributed by atoms with E-state index in [1.807, 2.05) is 0 Å². The number of hydrogen-bond acceptors (Lipinski definition) is 3. The van der Waals surface area contributed by atoms with Gasteiger partial charge >= 0.3 is 5.97 Å². The summed E-state index contributed by atoms with van der Waals surface area (Å²) in [5, 5.41) is 0. The highest BCUT2D eigenvalue weighted by molar-refractivity contribution is 5.69. The van der Waals surface area contributed by atoms with Crippen LogP contribution in [0.4, 0.5) is 8.78 Å². The molecule has 0 aromatic heterocycles. The predicted octanol–water partition coefficient (Wildman–Crippen LogP) is 3.32. The quantitative estimate of drug-likeness (QED) is 0.569. The van der Waals surface area contributed by atoms with Gasteiger partial charge in [0.25, 0.3) is 0 Å². The maximum absolute atomic E-state index is 13.2. The number of ether oxygens (including phenoxy) is 2. The molecular formula is C15H18F2O3. The average molecular weight is 284 g/mol. The lowest BCUT2D eigenvalue weighted by atomic mass is 10.3. The Kier molecular flexibility index (Phi) is 4.93. The SMILES string of the molecule is CC1CC1COC(=O)CCCOc1ccc(F)cc1F. The van der Waals surface area contributed by atoms with Crippen LogP contribution in [0.1, 0.15) is 26.2 Å². The number of halogens is 2. The van der Waals surface area contributed by atoms with Crippen LogP contribution in [0.3, 0.4) is 0 Å². The first-order valence-corrected chi connectivity index (χ1v) is 6.79. The van der Waals surface area contributed by atoms with E-state index in [1.165, 1.54) is 6.07 Å². The Balaban J connectivity index is 1.59. The van der Waals surface area contributed by atoms with Crippen molar-refractivity contribution in [1.82, 2.24) is 0 Å². The van der Waals surface area contributed by atoms with Gasteiger partial charge in [-0.15, -0.1) is 0 Å². The van der Waals surface area contributed by atoms with Gasteiger partial charge in [-0.3, -0.25) is 4.79 Å². The van der Waals surface area contributed by atoms with Crippen LogP contribution in [0.25, 0.3) is 0 Å². The highest BCUT2D eigenvalue weighted by Gasteiger charge is 2.33. The van der Waals surface area contributed by atoms with E-state index in [-0.39, 0.29) is 24.7 Å². The molecular weight excluding hydrogens is 266 g/mol. The van der Waals surface area contributed by atoms with Gasteiger partial charge in [0.15, 0.2) is 11.6 Å². The molecule has 1 saturated carbocycles. The fraction of sp³-hybridized carbons (Fsp3) is 0.533. The minimum atomic E-state index is -0.740. The third kappa shape index (κ3) is 4.47. The normalized spacial score (nSPS) is 20.6. The molecule has 0 N–H and O–H groups in total. The molecule has 1 aromatic rings. The van der Waals surface area contributed by atoms with Crippen LogP contribution in [0.15, 0.2) is 18.2 Å². The van der Waals surface area contributed by atoms with Crippen LogP contribution in [0.2, 0.25) is 0 Å². The van der Waals surface area contributed by atoms with E-state index in [0.717, 1.165) is 18.6 Å². The Morgan fingerprint density at radius 1 is 1.40 bits per heavy atom. The first kappa shape index (κ1) is 14.8. The van der Waals surface area contributed by atoms with Crippen molar-refractivity contribution in [2.24, 2.45) is 11.8 Å². The minimum Gasteiger partial charge on any atom is -0.491 e. The molecule has 0 aliphatic heterocycles. The molecule has 2 atom stereocenters. The molecule has 2 rings (SSSR count). The third-order valence-electron chi connectivity index (χ3n) is 3.41. The largest absolute Gasteiger partial charge is 0.491 e. The molecule has 1 aliphatic carbocycles. The van der Waals surface area contributed by atoms with Crippen LogP contribution in [-0.2, 0) is 9.53 Å². The van der Waals surface area contributed by atoms with Crippen molar-refractivity contribution in [3.05, 3.63) is 29.8 Å². The molecule has 0 heterocycles. The van der Waals surface area contributed by atoms with Crippen molar-refractivity contribution in [3.8, 4) is 5.75 Å². The molecule has 1 fully saturated rings. The molecule has 0 bridgehead atoms. The van der Waals surface area contributed by atoms with E-state index >= 15 is 0 Å². The van der Waals surface area contributed by atoms with Crippen molar-refractivity contribution in [3.63, 3.8) is 0 Å². The van der Waals surface area contributed by atoms with E-state index < -0.39 is 11.6 Å². The summed E-state index contributed by atoms with van der Waals surface area (Å²) in [6, 6.07) is 3.13. The molecule has 0 radical (unpaired) electrons. The summed E-state index contributed by atoms with van der Waals surface area (Å²) in [4.78, 5) is 11.4. The lowest BCUT2D eigenvalue weighted by molar-refractivity contribution is -0.144. The van der Waals surface area contributed by atoms with E-state index in [0.29, 0.717) is 24.9 Å². The van der Waals surface area contributed by atoms with E-state index in [9.17, 15) is 13.6 Å². The van der Waals surface area contributed by atoms with Gasteiger partial charge in [0.05, 0.1) is 13.2 Å². The van der Waals surface area contributed by atoms with Gasteiger partial charge in [-0.2, -0.15) is 0 Å². The Bertz CT molecular complexity index is 476. The van der Waals surface area contributed by atoms with Crippen molar-refractivity contribution in [1.29, 1.82) is 0 Å². The van der Waals surface area contributed by atoms with Crippen LogP contribution < -0.4 is 4.74 Å². The summed E-state index contributed by atoms with van der Waals surface area (Å²) < 4.78 is 36.2. The Morgan fingerprint density at radius 2 is 2.15 bits per heavy atom. The maximum Gasteiger partial charge on any atom is 0.305 e. The molecule has 1 aromatic carbocycles. The number of benzene rings is 1. The first-order chi connectivity index (χ1) is 9.56. The van der Waals surface area contributed by atoms with Crippen molar-refractivity contribution in [2.45, 2.75) is 26.2 Å². The number of hydrogen-bond donors (Lipinski definition) is 0. The van der Waals surface area contributed by atoms with Gasteiger partial charge in [0.1, 0.15) is 5.82 Å². The van der Waals surface area contributed by atoms with Crippen LogP contribution in [0, 0.1) is 23.5 Å². The molecule has 1 aliphatic rings. The fourth-order valence-electron chi connectivity index (χ4n) is 1.89. The zero-order valence-corrected chi connectivity index (χ0v) is 11.4. The highest BCUT2D eigenvalue weighted by Crippen LogP contribution is 2.37. The lowest BCUT2D eigenvalue weighted by Crippen LogP contribution is -2.09. The van der Waals surface area contributed by atoms with Gasteiger partial charge in [0, 0.05) is 12.5 Å². The van der Waals surface area contributed by atoms with Gasteiger partial charge in [0.2, 0.25) is 0 Å². The van der Waals surface area contributed by atoms with Crippen molar-refractivity contribution < 1.29 is 23.0 Å². The standard InChI is InChI=1S/C15H18F2O3/c1-10-7-11(10)9-20-15(18)3-2-6-19-14-5-4-12(16)8-13(14)17/h4-5,8,10-11H,2-3,6-7,9H2,1H3. The zero-order valence-electron chi connectivity index (χ0n) is 11.4. The molecule has 110 valence electrons. The molecule has 0 amide bonds. The summed E-state index contributed by atoms with van der Waals surface area (Å²) in [5.41, 5.74) is 0. The summed E-state index contributed by atoms with van der Waals surface area (Å²) in [6.07, 6.45) is 1.81. The second-order valence-corrected chi connectivity index (χ2v) is 5.18. The number of carbonyl (C=O) groups excluding carboxylic acids is 1. The van der Waals surface area contributed by atoms with Gasteiger partial charge < -0.3 is 9.47 Å². The molecule has 3 nitrogen and oxygen atoms in total. The van der Waals surface area contributed by atoms with Crippen LogP contribution >= 0.6 is 0 Å². The molecule has 0 spiro atoms. The summed E-state index contributed by atoms with van der Waals surface area (Å²) in [6.45, 7) is 2.81. The Morgan fingerprint density at radius 3 is 2.80 bits per heavy atom. The fourth-order valence-corrected chi connectivity index (χ4v) is 1.89. The summed E-state index contributed by atoms with van der Waals surface area (Å²) in [7, 11) is 0. The summed E-state index contributed by atoms with van der Waals surface area (Å²) in [5.74, 6) is -0.474. The van der Waals surface area contributed by atoms with Crippen LogP contribution in [-0.4, -0.2) is 19.2 Å². The van der Waals surface area contributed by atoms with Gasteiger partial charge in [-0.05, 0) is 36.8 Å². The molecule has 2 unspecified atom stereocenters. The molecule has 5 heteroatoms. The third-order valence-corrected chi connectivity index (χ3v) is 3.41. The molecule has 20 heavy (non-hydrogen) atoms. The number of rotatable bonds is 7. The lowest BCUT2D eigenvalue weighted by Gasteiger charge is -2.07. The second kappa shape index (κ2) is 6.68. The van der Waals surface area contributed by atoms with Crippen LogP contribution in [0.5, 0.6) is 5.75 Å². The minimum absolute atomic E-state index is 0.00780. The predicted molar refractivity (Wildman–Crippen MR) is 69.3 cm³/mol. The van der Waals surface area contributed by atoms with E-state index in [2.05, 4.69) is 6.92 Å². The smallest absolute Gasteiger partial charge is 0.305 e. The number of esters is 1. The first-order valence-electron chi connectivity index (χ1n) is 6.79. The van der Waals surface area contributed by atoms with E-state index in [4.69, 9.17) is 9.47 Å². The summed E-state index contributed by atoms with van der Waals surface area (Å²) >= 11 is 0. The monoisotopic (exact) mass is 284 g/mol. The van der Waals surface area contributed by atoms with Gasteiger partial charge in [-0.1, -0.05) is 6.92 Å².